The summed E-state index contributed by atoms with van der Waals surface area (Å²) in [6, 6.07) is 5.32. The molecule has 0 unspecified atom stereocenters. The summed E-state index contributed by atoms with van der Waals surface area (Å²) in [5.74, 6) is -0.886. The summed E-state index contributed by atoms with van der Waals surface area (Å²) in [5, 5.41) is 10.2. The maximum absolute atomic E-state index is 11.0. The number of fused-ring (bicyclic) bond motifs is 1. The molecule has 1 N–H and O–H groups in total. The number of ether oxygens (including phenoxy) is 1. The number of aryl methyl sites for hydroxylation is 1. The van der Waals surface area contributed by atoms with E-state index in [0.29, 0.717) is 5.56 Å². The van der Waals surface area contributed by atoms with Crippen LogP contribution in [0.1, 0.15) is 17.3 Å². The van der Waals surface area contributed by atoms with Crippen molar-refractivity contribution in [1.82, 2.24) is 9.47 Å². The first-order valence-corrected chi connectivity index (χ1v) is 6.76. The molecule has 2 heterocycles. The van der Waals surface area contributed by atoms with Gasteiger partial charge in [-0.3, -0.25) is 4.90 Å². The number of carboxylic acid groups (broad SMARTS) is 1. The van der Waals surface area contributed by atoms with Crippen molar-refractivity contribution in [2.75, 3.05) is 26.3 Å². The number of benzene rings is 1. The molecule has 0 atom stereocenters. The van der Waals surface area contributed by atoms with Crippen molar-refractivity contribution in [1.29, 1.82) is 0 Å². The zero-order valence-electron chi connectivity index (χ0n) is 13.5. The van der Waals surface area contributed by atoms with Gasteiger partial charge in [-0.2, -0.15) is 0 Å². The molecule has 0 radical (unpaired) electrons. The molecule has 0 bridgehead atoms. The molecular weight excluding hydrogens is 295 g/mol. The van der Waals surface area contributed by atoms with Crippen LogP contribution in [0.4, 0.5) is 0 Å². The number of carboxylic acids is 1. The zero-order valence-corrected chi connectivity index (χ0v) is 15.6. The normalized spacial score (nSPS) is 15.9. The van der Waals surface area contributed by atoms with E-state index in [1.807, 2.05) is 17.7 Å². The number of hydrogen-bond acceptors (Lipinski definition) is 3. The van der Waals surface area contributed by atoms with Crippen LogP contribution in [0.5, 0.6) is 0 Å². The third-order valence-electron chi connectivity index (χ3n) is 3.82. The van der Waals surface area contributed by atoms with E-state index in [-0.39, 0.29) is 52.8 Å². The van der Waals surface area contributed by atoms with Crippen LogP contribution < -0.4 is 51.4 Å². The minimum Gasteiger partial charge on any atom is -1.00 e. The van der Waals surface area contributed by atoms with E-state index in [0.717, 1.165) is 43.8 Å². The average Bonchev–Trinajstić information content (AvgIpc) is 2.76. The molecule has 1 aliphatic heterocycles. The van der Waals surface area contributed by atoms with Crippen molar-refractivity contribution in [3.8, 4) is 0 Å². The van der Waals surface area contributed by atoms with E-state index >= 15 is 0 Å². The smallest absolute Gasteiger partial charge is 1.00 e. The molecule has 0 saturated carbocycles. The second-order valence-electron chi connectivity index (χ2n) is 5.19. The van der Waals surface area contributed by atoms with E-state index in [1.54, 1.807) is 12.1 Å². The fourth-order valence-electron chi connectivity index (χ4n) is 2.73. The third-order valence-corrected chi connectivity index (χ3v) is 3.82. The predicted molar refractivity (Wildman–Crippen MR) is 77.1 cm³/mol. The Morgan fingerprint density at radius 2 is 2.10 bits per heavy atom. The molecule has 0 aliphatic carbocycles. The molecule has 2 aromatic rings. The second kappa shape index (κ2) is 7.37. The predicted octanol–water partition coefficient (Wildman–Crippen LogP) is -1.17. The van der Waals surface area contributed by atoms with Gasteiger partial charge in [-0.25, -0.2) is 4.79 Å². The minimum atomic E-state index is -0.886. The van der Waals surface area contributed by atoms with Crippen LogP contribution >= 0.6 is 0 Å². The first-order chi connectivity index (χ1) is 9.65. The average molecular weight is 314 g/mol. The Hall–Kier alpha value is -0.214. The van der Waals surface area contributed by atoms with E-state index in [4.69, 9.17) is 9.84 Å². The quantitative estimate of drug-likeness (QED) is 0.725. The van der Waals surface area contributed by atoms with Crippen LogP contribution in [0, 0.1) is 0 Å². The van der Waals surface area contributed by atoms with Gasteiger partial charge in [0.25, 0.3) is 0 Å². The summed E-state index contributed by atoms with van der Waals surface area (Å²) in [5.41, 5.74) is 2.53. The van der Waals surface area contributed by atoms with Crippen LogP contribution in [0.3, 0.4) is 0 Å². The monoisotopic (exact) mass is 314 g/mol. The molecule has 5 nitrogen and oxygen atoms in total. The van der Waals surface area contributed by atoms with Crippen molar-refractivity contribution in [2.24, 2.45) is 7.05 Å². The molecular formula is C15H19KN2O3. The number of aromatic nitrogens is 1. The summed E-state index contributed by atoms with van der Waals surface area (Å²) >= 11 is 0. The topological polar surface area (TPSA) is 54.7 Å². The molecule has 108 valence electrons. The number of hydrogen-bond donors (Lipinski definition) is 1. The molecule has 1 aromatic carbocycles. The van der Waals surface area contributed by atoms with E-state index < -0.39 is 5.97 Å². The minimum absolute atomic E-state index is 0. The van der Waals surface area contributed by atoms with Crippen molar-refractivity contribution in [3.05, 3.63) is 35.5 Å². The SMILES string of the molecule is Cn1cc(CN2CCOCC2)c2ccc(C(=O)O)cc21.[H-].[K+]. The zero-order chi connectivity index (χ0) is 14.1. The van der Waals surface area contributed by atoms with E-state index in [9.17, 15) is 4.79 Å². The second-order valence-corrected chi connectivity index (χ2v) is 5.19. The summed E-state index contributed by atoms with van der Waals surface area (Å²) in [6.45, 7) is 4.35. The van der Waals surface area contributed by atoms with E-state index in [2.05, 4.69) is 11.1 Å². The van der Waals surface area contributed by atoms with Gasteiger partial charge < -0.3 is 15.8 Å². The largest absolute Gasteiger partial charge is 1.00 e. The van der Waals surface area contributed by atoms with Crippen molar-refractivity contribution in [3.63, 3.8) is 0 Å². The van der Waals surface area contributed by atoms with Crippen LogP contribution in [0.15, 0.2) is 24.4 Å². The van der Waals surface area contributed by atoms with Crippen molar-refractivity contribution >= 4 is 16.9 Å². The van der Waals surface area contributed by atoms with Gasteiger partial charge in [-0.05, 0) is 17.7 Å². The fourth-order valence-corrected chi connectivity index (χ4v) is 2.73. The summed E-state index contributed by atoms with van der Waals surface area (Å²) in [4.78, 5) is 13.4. The summed E-state index contributed by atoms with van der Waals surface area (Å²) in [6.07, 6.45) is 2.09. The molecule has 1 aromatic heterocycles. The van der Waals surface area contributed by atoms with Gasteiger partial charge in [0.05, 0.1) is 18.8 Å². The fraction of sp³-hybridized carbons (Fsp3) is 0.400. The Morgan fingerprint density at radius 3 is 2.76 bits per heavy atom. The maximum Gasteiger partial charge on any atom is 1.00 e. The Morgan fingerprint density at radius 1 is 1.38 bits per heavy atom. The molecule has 3 rings (SSSR count). The number of aromatic carboxylic acids is 1. The van der Waals surface area contributed by atoms with Gasteiger partial charge in [0.15, 0.2) is 0 Å². The number of rotatable bonds is 3. The van der Waals surface area contributed by atoms with Crippen LogP contribution in [0.25, 0.3) is 10.9 Å². The van der Waals surface area contributed by atoms with Crippen molar-refractivity contribution < 1.29 is 67.4 Å². The molecule has 1 aliphatic rings. The Bertz CT molecular complexity index is 654. The first-order valence-electron chi connectivity index (χ1n) is 6.76. The van der Waals surface area contributed by atoms with Gasteiger partial charge in [0, 0.05) is 43.8 Å². The Balaban J connectivity index is 0.00000121. The number of carbonyl (C=O) groups is 1. The van der Waals surface area contributed by atoms with Gasteiger partial charge in [0.1, 0.15) is 0 Å². The number of morpholine rings is 1. The molecule has 6 heteroatoms. The maximum atomic E-state index is 11.0. The molecule has 1 saturated heterocycles. The molecule has 0 spiro atoms. The molecule has 21 heavy (non-hydrogen) atoms. The van der Waals surface area contributed by atoms with Gasteiger partial charge in [0.2, 0.25) is 0 Å². The molecule has 1 fully saturated rings. The Labute approximate surface area is 167 Å². The van der Waals surface area contributed by atoms with Crippen LogP contribution in [-0.4, -0.2) is 46.8 Å². The Kier molecular flexibility index (Phi) is 6.02. The van der Waals surface area contributed by atoms with Gasteiger partial charge in [-0.1, -0.05) is 6.07 Å². The van der Waals surface area contributed by atoms with Gasteiger partial charge in [-0.15, -0.1) is 0 Å². The standard InChI is InChI=1S/C15H18N2O3.K.H/c1-16-9-12(10-17-4-6-20-7-5-17)13-3-2-11(15(18)19)8-14(13)16;;/h2-3,8-9H,4-7,10H2,1H3,(H,18,19);;/q;+1;-1. The van der Waals surface area contributed by atoms with Gasteiger partial charge >= 0.3 is 57.4 Å². The van der Waals surface area contributed by atoms with Crippen molar-refractivity contribution in [2.45, 2.75) is 6.54 Å². The molecule has 0 amide bonds. The van der Waals surface area contributed by atoms with Crippen LogP contribution in [0.2, 0.25) is 0 Å². The summed E-state index contributed by atoms with van der Waals surface area (Å²) < 4.78 is 7.36. The first kappa shape index (κ1) is 17.1. The third kappa shape index (κ3) is 3.76. The number of nitrogens with zero attached hydrogens (tertiary/aromatic N) is 2. The van der Waals surface area contributed by atoms with E-state index in [1.165, 1.54) is 5.56 Å². The van der Waals surface area contributed by atoms with Crippen LogP contribution in [-0.2, 0) is 18.3 Å². The summed E-state index contributed by atoms with van der Waals surface area (Å²) in [7, 11) is 1.96.